The molecule has 0 saturated carbocycles. The monoisotopic (exact) mass is 538 g/mol. The minimum atomic E-state index is -4.14. The third-order valence-corrected chi connectivity index (χ3v) is 8.75. The van der Waals surface area contributed by atoms with Crippen LogP contribution in [0.3, 0.4) is 0 Å². The number of thiophene rings is 1. The smallest absolute Gasteiger partial charge is 0.341 e. The van der Waals surface area contributed by atoms with Crippen LogP contribution < -0.4 is 9.62 Å². The van der Waals surface area contributed by atoms with E-state index in [1.807, 2.05) is 0 Å². The number of carbonyl (C=O) groups is 2. The van der Waals surface area contributed by atoms with Gasteiger partial charge in [-0.1, -0.05) is 41.4 Å². The van der Waals surface area contributed by atoms with Gasteiger partial charge in [-0.15, -0.1) is 11.3 Å². The first-order valence-corrected chi connectivity index (χ1v) is 13.3. The maximum Gasteiger partial charge on any atom is 0.341 e. The molecule has 0 aliphatic heterocycles. The maximum absolute atomic E-state index is 13.5. The van der Waals surface area contributed by atoms with Gasteiger partial charge >= 0.3 is 5.97 Å². The number of hydrogen-bond donors (Lipinski definition) is 1. The van der Waals surface area contributed by atoms with Crippen molar-refractivity contribution in [2.24, 2.45) is 0 Å². The Morgan fingerprint density at radius 1 is 1.09 bits per heavy atom. The topological polar surface area (TPSA) is 92.8 Å². The maximum atomic E-state index is 13.5. The van der Waals surface area contributed by atoms with Crippen LogP contribution in [0.15, 0.2) is 53.4 Å². The number of anilines is 2. The van der Waals surface area contributed by atoms with Crippen molar-refractivity contribution in [2.45, 2.75) is 24.2 Å². The van der Waals surface area contributed by atoms with Crippen LogP contribution in [-0.4, -0.2) is 33.9 Å². The average molecular weight is 539 g/mol. The van der Waals surface area contributed by atoms with E-state index in [2.05, 4.69) is 5.32 Å². The molecule has 1 heterocycles. The van der Waals surface area contributed by atoms with Crippen LogP contribution in [0.4, 0.5) is 10.7 Å². The van der Waals surface area contributed by atoms with Gasteiger partial charge in [0.15, 0.2) is 0 Å². The highest BCUT2D eigenvalue weighted by molar-refractivity contribution is 7.92. The summed E-state index contributed by atoms with van der Waals surface area (Å²) in [6.45, 7) is -0.558. The number of aryl methyl sites for hydroxylation is 1. The summed E-state index contributed by atoms with van der Waals surface area (Å²) in [5, 5.41) is 3.51. The number of fused-ring (bicyclic) bond motifs is 1. The van der Waals surface area contributed by atoms with Crippen molar-refractivity contribution in [2.75, 3.05) is 23.3 Å². The number of benzene rings is 2. The van der Waals surface area contributed by atoms with Gasteiger partial charge in [-0.05, 0) is 55.2 Å². The van der Waals surface area contributed by atoms with Gasteiger partial charge in [-0.2, -0.15) is 0 Å². The Balaban J connectivity index is 1.69. The lowest BCUT2D eigenvalue weighted by atomic mass is 10.1. The molecule has 3 aromatic rings. The molecule has 1 N–H and O–H groups in total. The number of rotatable bonds is 7. The first-order chi connectivity index (χ1) is 16.2. The summed E-state index contributed by atoms with van der Waals surface area (Å²) < 4.78 is 32.8. The molecule has 0 radical (unpaired) electrons. The summed E-state index contributed by atoms with van der Waals surface area (Å²) in [5.41, 5.74) is 1.34. The lowest BCUT2D eigenvalue weighted by Crippen LogP contribution is -2.38. The van der Waals surface area contributed by atoms with E-state index in [1.165, 1.54) is 48.8 Å². The van der Waals surface area contributed by atoms with E-state index in [0.717, 1.165) is 34.0 Å². The van der Waals surface area contributed by atoms with E-state index >= 15 is 0 Å². The predicted molar refractivity (Wildman–Crippen MR) is 134 cm³/mol. The van der Waals surface area contributed by atoms with Crippen LogP contribution >= 0.6 is 34.5 Å². The summed E-state index contributed by atoms with van der Waals surface area (Å²) in [7, 11) is -2.85. The van der Waals surface area contributed by atoms with Crippen molar-refractivity contribution in [1.82, 2.24) is 0 Å². The van der Waals surface area contributed by atoms with Gasteiger partial charge in [0.05, 0.1) is 23.3 Å². The van der Waals surface area contributed by atoms with Crippen LogP contribution in [0.2, 0.25) is 10.0 Å². The molecule has 178 valence electrons. The van der Waals surface area contributed by atoms with E-state index in [1.54, 1.807) is 18.2 Å². The number of carbonyl (C=O) groups excluding carboxylic acids is 2. The average Bonchev–Trinajstić information content (AvgIpc) is 3.37. The number of nitrogens with zero attached hydrogens (tertiary/aromatic N) is 1. The molecule has 0 bridgehead atoms. The molecule has 0 saturated heterocycles. The van der Waals surface area contributed by atoms with Crippen molar-refractivity contribution in [1.29, 1.82) is 0 Å². The molecule has 34 heavy (non-hydrogen) atoms. The molecular formula is C23H20Cl2N2O5S2. The summed E-state index contributed by atoms with van der Waals surface area (Å²) in [4.78, 5) is 26.5. The second-order valence-corrected chi connectivity index (χ2v) is 11.4. The quantitative estimate of drug-likeness (QED) is 0.419. The van der Waals surface area contributed by atoms with Gasteiger partial charge in [0.2, 0.25) is 5.91 Å². The molecule has 2 aromatic carbocycles. The second-order valence-electron chi connectivity index (χ2n) is 7.55. The van der Waals surface area contributed by atoms with Crippen LogP contribution in [0.1, 0.15) is 27.2 Å². The second kappa shape index (κ2) is 9.95. The molecule has 11 heteroatoms. The first-order valence-electron chi connectivity index (χ1n) is 10.3. The number of nitrogens with one attached hydrogen (secondary N) is 1. The zero-order valence-corrected chi connectivity index (χ0v) is 21.2. The van der Waals surface area contributed by atoms with E-state index in [-0.39, 0.29) is 20.6 Å². The molecule has 0 spiro atoms. The molecule has 0 atom stereocenters. The van der Waals surface area contributed by atoms with Crippen LogP contribution in [-0.2, 0) is 32.4 Å². The Kier molecular flexibility index (Phi) is 7.18. The van der Waals surface area contributed by atoms with E-state index < -0.39 is 28.4 Å². The molecule has 7 nitrogen and oxygen atoms in total. The number of sulfonamides is 1. The highest BCUT2D eigenvalue weighted by atomic mass is 35.5. The highest BCUT2D eigenvalue weighted by Crippen LogP contribution is 2.39. The number of hydrogen-bond acceptors (Lipinski definition) is 6. The third-order valence-electron chi connectivity index (χ3n) is 5.32. The SMILES string of the molecule is COC(=O)c1c(NC(=O)CN(c2cc(Cl)cc(Cl)c2)S(=O)(=O)c2ccccc2)sc2c1CCC2. The first kappa shape index (κ1) is 24.5. The molecule has 0 fully saturated rings. The number of esters is 1. The number of methoxy groups -OCH3 is 1. The summed E-state index contributed by atoms with van der Waals surface area (Å²) in [5.74, 6) is -1.16. The zero-order chi connectivity index (χ0) is 24.5. The van der Waals surface area contributed by atoms with Crippen LogP contribution in [0.5, 0.6) is 0 Å². The van der Waals surface area contributed by atoms with Crippen LogP contribution in [0, 0.1) is 0 Å². The third kappa shape index (κ3) is 4.93. The zero-order valence-electron chi connectivity index (χ0n) is 18.0. The standard InChI is InChI=1S/C23H20Cl2N2O5S2/c1-32-23(29)21-18-8-5-9-19(18)33-22(21)26-20(28)13-27(16-11-14(24)10-15(25)12-16)34(30,31)17-6-3-2-4-7-17/h2-4,6-7,10-12H,5,8-9,13H2,1H3,(H,26,28). The van der Waals surface area contributed by atoms with E-state index in [4.69, 9.17) is 27.9 Å². The largest absolute Gasteiger partial charge is 0.465 e. The minimum absolute atomic E-state index is 0.00393. The van der Waals surface area contributed by atoms with E-state index in [0.29, 0.717) is 10.6 Å². The number of ether oxygens (including phenoxy) is 1. The molecule has 1 aliphatic carbocycles. The van der Waals surface area contributed by atoms with Crippen molar-refractivity contribution >= 4 is 67.1 Å². The Morgan fingerprint density at radius 3 is 2.41 bits per heavy atom. The lowest BCUT2D eigenvalue weighted by molar-refractivity contribution is -0.114. The summed E-state index contributed by atoms with van der Waals surface area (Å²) in [6.07, 6.45) is 2.47. The van der Waals surface area contributed by atoms with Gasteiger partial charge in [-0.25, -0.2) is 13.2 Å². The van der Waals surface area contributed by atoms with Crippen molar-refractivity contribution < 1.29 is 22.7 Å². The Morgan fingerprint density at radius 2 is 1.76 bits per heavy atom. The molecule has 0 unspecified atom stereocenters. The van der Waals surface area contributed by atoms with Gasteiger partial charge in [0.1, 0.15) is 11.5 Å². The fourth-order valence-corrected chi connectivity index (χ4v) is 7.06. The molecule has 1 aliphatic rings. The number of amides is 1. The summed E-state index contributed by atoms with van der Waals surface area (Å²) >= 11 is 13.5. The van der Waals surface area contributed by atoms with Crippen molar-refractivity contribution in [3.8, 4) is 0 Å². The fourth-order valence-electron chi connectivity index (χ4n) is 3.82. The molecule has 1 aromatic heterocycles. The fraction of sp³-hybridized carbons (Fsp3) is 0.217. The lowest BCUT2D eigenvalue weighted by Gasteiger charge is -2.24. The minimum Gasteiger partial charge on any atom is -0.465 e. The predicted octanol–water partition coefficient (Wildman–Crippen LogP) is 5.16. The normalized spacial score (nSPS) is 12.8. The highest BCUT2D eigenvalue weighted by Gasteiger charge is 2.31. The van der Waals surface area contributed by atoms with Crippen molar-refractivity contribution in [3.63, 3.8) is 0 Å². The van der Waals surface area contributed by atoms with Gasteiger partial charge in [-0.3, -0.25) is 9.10 Å². The van der Waals surface area contributed by atoms with Crippen molar-refractivity contribution in [3.05, 3.63) is 74.6 Å². The van der Waals surface area contributed by atoms with Crippen LogP contribution in [0.25, 0.3) is 0 Å². The van der Waals surface area contributed by atoms with Gasteiger partial charge < -0.3 is 10.1 Å². The molecule has 1 amide bonds. The van der Waals surface area contributed by atoms with Gasteiger partial charge in [0, 0.05) is 14.9 Å². The Labute approximate surface area is 211 Å². The Hall–Kier alpha value is -2.59. The molecule has 4 rings (SSSR count). The summed E-state index contributed by atoms with van der Waals surface area (Å²) in [6, 6.07) is 12.0. The Bertz CT molecular complexity index is 1340. The van der Waals surface area contributed by atoms with E-state index in [9.17, 15) is 18.0 Å². The number of halogens is 2. The van der Waals surface area contributed by atoms with Gasteiger partial charge in [0.25, 0.3) is 10.0 Å². The molecular weight excluding hydrogens is 519 g/mol.